The van der Waals surface area contributed by atoms with Crippen molar-refractivity contribution >= 4 is 27.3 Å². The molecule has 0 bridgehead atoms. The summed E-state index contributed by atoms with van der Waals surface area (Å²) >= 11 is 0. The number of sulfone groups is 1. The van der Waals surface area contributed by atoms with E-state index in [1.807, 2.05) is 6.92 Å². The lowest BCUT2D eigenvalue weighted by molar-refractivity contribution is -0.113. The smallest absolute Gasteiger partial charge is 0.272 e. The van der Waals surface area contributed by atoms with Gasteiger partial charge >= 0.3 is 0 Å². The van der Waals surface area contributed by atoms with Crippen molar-refractivity contribution in [1.82, 2.24) is 15.1 Å². The molecule has 10 nitrogen and oxygen atoms in total. The summed E-state index contributed by atoms with van der Waals surface area (Å²) in [5.74, 6) is -3.40. The number of carbonyl (C=O) groups excluding carboxylic acids is 2. The Labute approximate surface area is 216 Å². The van der Waals surface area contributed by atoms with Crippen LogP contribution in [0.5, 0.6) is 11.5 Å². The van der Waals surface area contributed by atoms with E-state index in [0.717, 1.165) is 18.4 Å². The zero-order valence-corrected chi connectivity index (χ0v) is 21.3. The van der Waals surface area contributed by atoms with E-state index in [1.54, 1.807) is 18.2 Å². The SMILES string of the molecule is CCOc1ccc2c(c1)OCC[C@]21Cn2nc(-c3ccc(F)c(F)c3)c(NC(=O)CS(C)(=O)=O)c2C(=O)N1. The molecule has 0 saturated carbocycles. The van der Waals surface area contributed by atoms with Crippen molar-refractivity contribution in [2.24, 2.45) is 0 Å². The van der Waals surface area contributed by atoms with Gasteiger partial charge in [0, 0.05) is 29.9 Å². The maximum Gasteiger partial charge on any atom is 0.272 e. The number of nitrogens with zero attached hydrogens (tertiary/aromatic N) is 2. The summed E-state index contributed by atoms with van der Waals surface area (Å²) in [6.45, 7) is 2.77. The molecule has 200 valence electrons. The maximum atomic E-state index is 14.1. The molecule has 1 spiro atoms. The van der Waals surface area contributed by atoms with Gasteiger partial charge in [-0.15, -0.1) is 0 Å². The number of aromatic nitrogens is 2. The third-order valence-electron chi connectivity index (χ3n) is 6.36. The normalized spacial score (nSPS) is 18.3. The molecule has 0 fully saturated rings. The Morgan fingerprint density at radius 3 is 2.74 bits per heavy atom. The molecule has 2 aliphatic rings. The summed E-state index contributed by atoms with van der Waals surface area (Å²) < 4.78 is 63.9. The van der Waals surface area contributed by atoms with E-state index < -0.39 is 44.6 Å². The number of anilines is 1. The fourth-order valence-corrected chi connectivity index (χ4v) is 5.34. The van der Waals surface area contributed by atoms with Gasteiger partial charge in [-0.3, -0.25) is 14.3 Å². The molecule has 0 saturated heterocycles. The van der Waals surface area contributed by atoms with Gasteiger partial charge in [-0.1, -0.05) is 0 Å². The molecule has 38 heavy (non-hydrogen) atoms. The number of hydrogen-bond acceptors (Lipinski definition) is 7. The van der Waals surface area contributed by atoms with E-state index in [0.29, 0.717) is 36.7 Å². The van der Waals surface area contributed by atoms with Crippen LogP contribution in [0.1, 0.15) is 29.4 Å². The molecule has 2 aliphatic heterocycles. The monoisotopic (exact) mass is 546 g/mol. The van der Waals surface area contributed by atoms with E-state index in [1.165, 1.54) is 10.7 Å². The first-order valence-electron chi connectivity index (χ1n) is 11.8. The molecular weight excluding hydrogens is 522 g/mol. The molecule has 0 radical (unpaired) electrons. The summed E-state index contributed by atoms with van der Waals surface area (Å²) in [5.41, 5.74) is -0.262. The highest BCUT2D eigenvalue weighted by atomic mass is 32.2. The predicted octanol–water partition coefficient (Wildman–Crippen LogP) is 2.63. The van der Waals surface area contributed by atoms with Crippen LogP contribution in [0.3, 0.4) is 0 Å². The predicted molar refractivity (Wildman–Crippen MR) is 133 cm³/mol. The molecule has 0 unspecified atom stereocenters. The van der Waals surface area contributed by atoms with Crippen molar-refractivity contribution in [2.45, 2.75) is 25.4 Å². The van der Waals surface area contributed by atoms with Crippen LogP contribution in [-0.4, -0.2) is 55.2 Å². The van der Waals surface area contributed by atoms with Gasteiger partial charge in [0.15, 0.2) is 27.2 Å². The number of nitrogens with one attached hydrogen (secondary N) is 2. The second-order valence-electron chi connectivity index (χ2n) is 9.20. The molecule has 1 aromatic heterocycles. The highest BCUT2D eigenvalue weighted by molar-refractivity contribution is 7.91. The summed E-state index contributed by atoms with van der Waals surface area (Å²) in [7, 11) is -3.69. The lowest BCUT2D eigenvalue weighted by atomic mass is 9.83. The molecule has 2 aromatic carbocycles. The van der Waals surface area contributed by atoms with Gasteiger partial charge in [0.05, 0.1) is 25.3 Å². The average Bonchev–Trinajstić information content (AvgIpc) is 3.18. The fourth-order valence-electron chi connectivity index (χ4n) is 4.79. The van der Waals surface area contributed by atoms with Crippen molar-refractivity contribution in [2.75, 3.05) is 30.5 Å². The van der Waals surface area contributed by atoms with Crippen LogP contribution in [0.15, 0.2) is 36.4 Å². The number of carbonyl (C=O) groups is 2. The van der Waals surface area contributed by atoms with Gasteiger partial charge in [0.1, 0.15) is 28.6 Å². The first-order chi connectivity index (χ1) is 18.0. The van der Waals surface area contributed by atoms with E-state index in [4.69, 9.17) is 9.47 Å². The molecule has 13 heteroatoms. The van der Waals surface area contributed by atoms with Gasteiger partial charge in [-0.2, -0.15) is 5.10 Å². The van der Waals surface area contributed by atoms with Gasteiger partial charge in [0.25, 0.3) is 5.91 Å². The topological polar surface area (TPSA) is 129 Å². The number of rotatable bonds is 6. The lowest BCUT2D eigenvalue weighted by Gasteiger charge is -2.42. The number of amides is 2. The zero-order valence-electron chi connectivity index (χ0n) is 20.5. The third kappa shape index (κ3) is 4.69. The zero-order chi connectivity index (χ0) is 27.2. The second kappa shape index (κ2) is 9.39. The Morgan fingerprint density at radius 1 is 1.24 bits per heavy atom. The van der Waals surface area contributed by atoms with Crippen LogP contribution in [0.4, 0.5) is 14.5 Å². The van der Waals surface area contributed by atoms with E-state index in [9.17, 15) is 26.8 Å². The van der Waals surface area contributed by atoms with E-state index in [-0.39, 0.29) is 29.2 Å². The van der Waals surface area contributed by atoms with Crippen molar-refractivity contribution in [1.29, 1.82) is 0 Å². The molecule has 3 aromatic rings. The summed E-state index contributed by atoms with van der Waals surface area (Å²) in [5, 5.41) is 9.97. The van der Waals surface area contributed by atoms with Gasteiger partial charge in [-0.05, 0) is 37.3 Å². The summed E-state index contributed by atoms with van der Waals surface area (Å²) in [6, 6.07) is 8.37. The minimum absolute atomic E-state index is 0.00747. The van der Waals surface area contributed by atoms with Crippen molar-refractivity contribution in [3.63, 3.8) is 0 Å². The molecular formula is C25H24F2N4O6S. The van der Waals surface area contributed by atoms with Crippen molar-refractivity contribution < 1.29 is 36.3 Å². The number of halogens is 2. The van der Waals surface area contributed by atoms with Crippen LogP contribution in [0, 0.1) is 11.6 Å². The Hall–Kier alpha value is -4.00. The fraction of sp³-hybridized carbons (Fsp3) is 0.320. The molecule has 2 N–H and O–H groups in total. The first kappa shape index (κ1) is 25.6. The number of hydrogen-bond donors (Lipinski definition) is 2. The quantitative estimate of drug-likeness (QED) is 0.486. The van der Waals surface area contributed by atoms with Gasteiger partial charge in [-0.25, -0.2) is 17.2 Å². The highest BCUT2D eigenvalue weighted by Crippen LogP contribution is 2.44. The molecule has 0 aliphatic carbocycles. The molecule has 3 heterocycles. The minimum Gasteiger partial charge on any atom is -0.494 e. The van der Waals surface area contributed by atoms with E-state index in [2.05, 4.69) is 15.7 Å². The van der Waals surface area contributed by atoms with Crippen molar-refractivity contribution in [3.8, 4) is 22.8 Å². The number of fused-ring (bicyclic) bond motifs is 3. The lowest BCUT2D eigenvalue weighted by Crippen LogP contribution is -2.55. The average molecular weight is 547 g/mol. The van der Waals surface area contributed by atoms with Crippen LogP contribution in [0.2, 0.25) is 0 Å². The summed E-state index contributed by atoms with van der Waals surface area (Å²) in [6.07, 6.45) is 1.31. The Balaban J connectivity index is 1.61. The van der Waals surface area contributed by atoms with Crippen LogP contribution < -0.4 is 20.1 Å². The van der Waals surface area contributed by atoms with Crippen molar-refractivity contribution in [3.05, 3.63) is 59.3 Å². The number of ether oxygens (including phenoxy) is 2. The number of benzene rings is 2. The first-order valence-corrected chi connectivity index (χ1v) is 13.8. The Kier molecular flexibility index (Phi) is 6.33. The molecule has 5 rings (SSSR count). The Bertz CT molecular complexity index is 1570. The minimum atomic E-state index is -3.69. The van der Waals surface area contributed by atoms with Gasteiger partial charge in [0.2, 0.25) is 5.91 Å². The van der Waals surface area contributed by atoms with Gasteiger partial charge < -0.3 is 20.1 Å². The maximum absolute atomic E-state index is 14.1. The Morgan fingerprint density at radius 2 is 2.03 bits per heavy atom. The standard InChI is InChI=1S/C25H24F2N4O6S/c1-3-36-15-5-6-16-19(11-15)37-9-8-25(16)13-31-23(24(33)29-25)22(28-20(32)12-38(2,34)35)21(30-31)14-4-7-17(26)18(27)10-14/h4-7,10-11H,3,8-9,12-13H2,1-2H3,(H,28,32)(H,29,33)/t25-/m0/s1. The second-order valence-corrected chi connectivity index (χ2v) is 11.3. The third-order valence-corrected chi connectivity index (χ3v) is 7.14. The molecule has 1 atom stereocenters. The highest BCUT2D eigenvalue weighted by Gasteiger charge is 2.46. The van der Waals surface area contributed by atoms with Crippen LogP contribution in [-0.2, 0) is 26.7 Å². The summed E-state index contributed by atoms with van der Waals surface area (Å²) in [4.78, 5) is 26.1. The van der Waals surface area contributed by atoms with Crippen LogP contribution >= 0.6 is 0 Å². The van der Waals surface area contributed by atoms with Crippen LogP contribution in [0.25, 0.3) is 11.3 Å². The molecule has 2 amide bonds. The largest absolute Gasteiger partial charge is 0.494 e. The van der Waals surface area contributed by atoms with E-state index >= 15 is 0 Å².